The molecule has 0 saturated heterocycles. The molecule has 7 aromatic carbocycles. The second-order valence-corrected chi connectivity index (χ2v) is 11.7. The molecule has 3 heteroatoms. The third kappa shape index (κ3) is 3.41. The topological polar surface area (TPSA) is 23.0 Å². The average molecular weight is 575 g/mol. The Morgan fingerprint density at radius 2 is 0.978 bits per heavy atom. The van der Waals surface area contributed by atoms with Gasteiger partial charge in [0.1, 0.15) is 11.2 Å². The fourth-order valence-electron chi connectivity index (χ4n) is 7.42. The third-order valence-electron chi connectivity index (χ3n) is 9.32. The van der Waals surface area contributed by atoms with Gasteiger partial charge < -0.3 is 13.6 Å². The third-order valence-corrected chi connectivity index (χ3v) is 9.32. The minimum Gasteiger partial charge on any atom is -0.455 e. The lowest BCUT2D eigenvalue weighted by Gasteiger charge is -2.11. The summed E-state index contributed by atoms with van der Waals surface area (Å²) in [6.45, 7) is 0. The Morgan fingerprint density at radius 1 is 0.400 bits per heavy atom. The summed E-state index contributed by atoms with van der Waals surface area (Å²) >= 11 is 0. The molecular formula is C42H26N2O. The van der Waals surface area contributed by atoms with Crippen molar-refractivity contribution in [2.24, 2.45) is 0 Å². The molecule has 10 rings (SSSR count). The lowest BCUT2D eigenvalue weighted by molar-refractivity contribution is 0.670. The molecule has 3 heterocycles. The van der Waals surface area contributed by atoms with Crippen molar-refractivity contribution in [3.63, 3.8) is 0 Å². The molecule has 0 unspecified atom stereocenters. The maximum Gasteiger partial charge on any atom is 0.143 e. The van der Waals surface area contributed by atoms with Crippen LogP contribution in [-0.2, 0) is 0 Å². The molecule has 0 spiro atoms. The zero-order chi connectivity index (χ0) is 29.5. The van der Waals surface area contributed by atoms with Crippen LogP contribution in [0.5, 0.6) is 0 Å². The Balaban J connectivity index is 1.27. The van der Waals surface area contributed by atoms with Gasteiger partial charge in [-0.25, -0.2) is 0 Å². The smallest absolute Gasteiger partial charge is 0.143 e. The number of nitrogens with zero attached hydrogens (tertiary/aromatic N) is 2. The summed E-state index contributed by atoms with van der Waals surface area (Å²) in [4.78, 5) is 0. The van der Waals surface area contributed by atoms with Crippen LogP contribution >= 0.6 is 0 Å². The van der Waals surface area contributed by atoms with Gasteiger partial charge in [0.05, 0.1) is 33.1 Å². The van der Waals surface area contributed by atoms with E-state index >= 15 is 0 Å². The molecule has 0 atom stereocenters. The second kappa shape index (κ2) is 9.22. The summed E-state index contributed by atoms with van der Waals surface area (Å²) in [6.07, 6.45) is 0. The van der Waals surface area contributed by atoms with Crippen molar-refractivity contribution in [3.05, 3.63) is 158 Å². The molecule has 210 valence electrons. The van der Waals surface area contributed by atoms with Crippen molar-refractivity contribution in [3.8, 4) is 22.5 Å². The van der Waals surface area contributed by atoms with Crippen LogP contribution in [-0.4, -0.2) is 9.13 Å². The Morgan fingerprint density at radius 3 is 1.71 bits per heavy atom. The van der Waals surface area contributed by atoms with Gasteiger partial charge in [0, 0.05) is 38.2 Å². The second-order valence-electron chi connectivity index (χ2n) is 11.7. The molecule has 0 aliphatic rings. The number of rotatable bonds is 3. The molecular weight excluding hydrogens is 548 g/mol. The van der Waals surface area contributed by atoms with Gasteiger partial charge in [-0.05, 0) is 54.1 Å². The number of aromatic nitrogens is 2. The van der Waals surface area contributed by atoms with E-state index in [0.29, 0.717) is 0 Å². The summed E-state index contributed by atoms with van der Waals surface area (Å²) in [6, 6.07) is 56.4. The van der Waals surface area contributed by atoms with E-state index < -0.39 is 0 Å². The van der Waals surface area contributed by atoms with Crippen LogP contribution in [0.4, 0.5) is 0 Å². The van der Waals surface area contributed by atoms with Crippen molar-refractivity contribution < 1.29 is 4.42 Å². The molecule has 0 fully saturated rings. The Labute approximate surface area is 258 Å². The number of para-hydroxylation sites is 4. The van der Waals surface area contributed by atoms with Crippen molar-refractivity contribution in [1.82, 2.24) is 9.13 Å². The fraction of sp³-hybridized carbons (Fsp3) is 0. The molecule has 0 saturated carbocycles. The van der Waals surface area contributed by atoms with Crippen LogP contribution in [0, 0.1) is 0 Å². The molecule has 0 aliphatic carbocycles. The molecule has 0 N–H and O–H groups in total. The van der Waals surface area contributed by atoms with E-state index in [1.807, 2.05) is 0 Å². The highest BCUT2D eigenvalue weighted by Gasteiger charge is 2.20. The van der Waals surface area contributed by atoms with E-state index in [0.717, 1.165) is 44.4 Å². The van der Waals surface area contributed by atoms with Gasteiger partial charge in [0.15, 0.2) is 0 Å². The lowest BCUT2D eigenvalue weighted by atomic mass is 10.0. The Bertz CT molecular complexity index is 2710. The number of hydrogen-bond donors (Lipinski definition) is 0. The highest BCUT2D eigenvalue weighted by Crippen LogP contribution is 2.42. The number of benzene rings is 7. The first-order valence-electron chi connectivity index (χ1n) is 15.4. The Kier molecular flexibility index (Phi) is 5.00. The fourth-order valence-corrected chi connectivity index (χ4v) is 7.42. The number of furan rings is 1. The standard InChI is InChI=1S/C42H26N2O/c1-2-12-27(13-3-1)29-17-10-18-33-41-39(22-11-23-40(41)45-42(29)33)44-37-21-9-6-16-32(37)34-26-28(24-25-38(34)44)43-35-19-7-4-14-30(35)31-15-5-8-20-36(31)43/h1-26H. The van der Waals surface area contributed by atoms with Gasteiger partial charge in [-0.3, -0.25) is 0 Å². The van der Waals surface area contributed by atoms with Gasteiger partial charge in [-0.1, -0.05) is 109 Å². The molecule has 3 aromatic heterocycles. The molecule has 10 aromatic rings. The molecule has 0 bridgehead atoms. The maximum atomic E-state index is 6.63. The monoisotopic (exact) mass is 574 g/mol. The van der Waals surface area contributed by atoms with Crippen LogP contribution < -0.4 is 0 Å². The summed E-state index contributed by atoms with van der Waals surface area (Å²) in [5.74, 6) is 0. The van der Waals surface area contributed by atoms with E-state index in [2.05, 4.69) is 167 Å². The normalized spacial score (nSPS) is 12.0. The van der Waals surface area contributed by atoms with E-state index in [1.54, 1.807) is 0 Å². The van der Waals surface area contributed by atoms with Gasteiger partial charge in [0.25, 0.3) is 0 Å². The maximum absolute atomic E-state index is 6.63. The lowest BCUT2D eigenvalue weighted by Crippen LogP contribution is -1.96. The zero-order valence-corrected chi connectivity index (χ0v) is 24.3. The average Bonchev–Trinajstić information content (AvgIpc) is 3.76. The van der Waals surface area contributed by atoms with Crippen molar-refractivity contribution in [2.75, 3.05) is 0 Å². The minimum absolute atomic E-state index is 0.888. The van der Waals surface area contributed by atoms with Crippen LogP contribution in [0.15, 0.2) is 162 Å². The first-order chi connectivity index (χ1) is 22.3. The van der Waals surface area contributed by atoms with Gasteiger partial charge >= 0.3 is 0 Å². The summed E-state index contributed by atoms with van der Waals surface area (Å²) in [5, 5.41) is 7.23. The summed E-state index contributed by atoms with van der Waals surface area (Å²) in [5.41, 5.74) is 11.1. The molecule has 0 aliphatic heterocycles. The molecule has 0 radical (unpaired) electrons. The van der Waals surface area contributed by atoms with E-state index in [9.17, 15) is 0 Å². The quantitative estimate of drug-likeness (QED) is 0.206. The van der Waals surface area contributed by atoms with E-state index in [-0.39, 0.29) is 0 Å². The van der Waals surface area contributed by atoms with Crippen LogP contribution in [0.3, 0.4) is 0 Å². The number of hydrogen-bond acceptors (Lipinski definition) is 1. The first kappa shape index (κ1) is 24.4. The number of fused-ring (bicyclic) bond motifs is 9. The van der Waals surface area contributed by atoms with Crippen molar-refractivity contribution in [2.45, 2.75) is 0 Å². The van der Waals surface area contributed by atoms with E-state index in [4.69, 9.17) is 4.42 Å². The Hall–Kier alpha value is -6.06. The largest absolute Gasteiger partial charge is 0.455 e. The SMILES string of the molecule is c1ccc(-c2cccc3c2oc2cccc(-n4c5ccccc5c5cc(-n6c7ccccc7c7ccccc76)ccc54)c23)cc1. The molecule has 45 heavy (non-hydrogen) atoms. The summed E-state index contributed by atoms with van der Waals surface area (Å²) in [7, 11) is 0. The zero-order valence-electron chi connectivity index (χ0n) is 24.3. The van der Waals surface area contributed by atoms with Crippen LogP contribution in [0.2, 0.25) is 0 Å². The van der Waals surface area contributed by atoms with Crippen LogP contribution in [0.1, 0.15) is 0 Å². The highest BCUT2D eigenvalue weighted by molar-refractivity contribution is 6.17. The first-order valence-corrected chi connectivity index (χ1v) is 15.4. The van der Waals surface area contributed by atoms with Crippen molar-refractivity contribution in [1.29, 1.82) is 0 Å². The van der Waals surface area contributed by atoms with Gasteiger partial charge in [0.2, 0.25) is 0 Å². The van der Waals surface area contributed by atoms with Gasteiger partial charge in [-0.15, -0.1) is 0 Å². The molecule has 0 amide bonds. The van der Waals surface area contributed by atoms with Crippen molar-refractivity contribution >= 4 is 65.6 Å². The predicted octanol–water partition coefficient (Wildman–Crippen LogP) is 11.4. The summed E-state index contributed by atoms with van der Waals surface area (Å²) < 4.78 is 11.4. The predicted molar refractivity (Wildman–Crippen MR) is 188 cm³/mol. The highest BCUT2D eigenvalue weighted by atomic mass is 16.3. The van der Waals surface area contributed by atoms with Gasteiger partial charge in [-0.2, -0.15) is 0 Å². The van der Waals surface area contributed by atoms with Crippen LogP contribution in [0.25, 0.3) is 88.1 Å². The van der Waals surface area contributed by atoms with E-state index in [1.165, 1.54) is 43.6 Å². The molecule has 3 nitrogen and oxygen atoms in total. The minimum atomic E-state index is 0.888.